The highest BCUT2D eigenvalue weighted by molar-refractivity contribution is 5.81. The van der Waals surface area contributed by atoms with E-state index in [1.54, 1.807) is 29.6 Å². The molecule has 1 aromatic carbocycles. The summed E-state index contributed by atoms with van der Waals surface area (Å²) in [6.45, 7) is -2.20. The Bertz CT molecular complexity index is 472. The minimum Gasteiger partial charge on any atom is -0.455 e. The number of alkyl halides is 3. The molecule has 0 aliphatic carbocycles. The maximum Gasteiger partial charge on any atom is 0.405 e. The molecule has 0 aromatic heterocycles. The van der Waals surface area contributed by atoms with Crippen molar-refractivity contribution in [1.29, 1.82) is 0 Å². The van der Waals surface area contributed by atoms with Gasteiger partial charge in [-0.3, -0.25) is 9.59 Å². The first-order valence-electron chi connectivity index (χ1n) is 5.60. The predicted octanol–water partition coefficient (Wildman–Crippen LogP) is 1.03. The standard InChI is InChI=1S/C12H13F3N2O3/c13-12(14,15)7-17-10(18)6-20-11(19)5-8-1-3-9(16)4-2-8/h1-4H,5-7,16H2,(H,17,18). The molecule has 0 aliphatic heterocycles. The zero-order valence-electron chi connectivity index (χ0n) is 10.4. The van der Waals surface area contributed by atoms with Gasteiger partial charge >= 0.3 is 12.1 Å². The molecule has 5 nitrogen and oxygen atoms in total. The summed E-state index contributed by atoms with van der Waals surface area (Å²) in [4.78, 5) is 22.3. The summed E-state index contributed by atoms with van der Waals surface area (Å²) in [7, 11) is 0. The molecule has 0 fully saturated rings. The van der Waals surface area contributed by atoms with Crippen LogP contribution in [0.4, 0.5) is 18.9 Å². The quantitative estimate of drug-likeness (QED) is 0.627. The first-order valence-corrected chi connectivity index (χ1v) is 5.60. The maximum absolute atomic E-state index is 11.8. The molecule has 1 amide bonds. The van der Waals surface area contributed by atoms with Crippen molar-refractivity contribution in [2.24, 2.45) is 0 Å². The number of nitrogens with one attached hydrogen (secondary N) is 1. The number of benzene rings is 1. The summed E-state index contributed by atoms with van der Waals surface area (Å²) in [5, 5.41) is 1.59. The van der Waals surface area contributed by atoms with E-state index < -0.39 is 31.2 Å². The Morgan fingerprint density at radius 2 is 1.80 bits per heavy atom. The van der Waals surface area contributed by atoms with Gasteiger partial charge in [0, 0.05) is 5.69 Å². The van der Waals surface area contributed by atoms with Crippen molar-refractivity contribution in [3.05, 3.63) is 29.8 Å². The zero-order chi connectivity index (χ0) is 15.2. The van der Waals surface area contributed by atoms with Crippen LogP contribution in [0.5, 0.6) is 0 Å². The fourth-order valence-electron chi connectivity index (χ4n) is 1.25. The van der Waals surface area contributed by atoms with Gasteiger partial charge in [0.1, 0.15) is 6.54 Å². The molecule has 0 saturated carbocycles. The van der Waals surface area contributed by atoms with Gasteiger partial charge < -0.3 is 15.8 Å². The van der Waals surface area contributed by atoms with Gasteiger partial charge in [-0.2, -0.15) is 13.2 Å². The Morgan fingerprint density at radius 1 is 1.20 bits per heavy atom. The minimum absolute atomic E-state index is 0.0904. The number of esters is 1. The number of rotatable bonds is 5. The van der Waals surface area contributed by atoms with Crippen molar-refractivity contribution in [3.8, 4) is 0 Å². The number of nitrogens with two attached hydrogens (primary N) is 1. The Kier molecular flexibility index (Phi) is 5.36. The minimum atomic E-state index is -4.50. The van der Waals surface area contributed by atoms with Crippen LogP contribution in [0, 0.1) is 0 Å². The molecule has 3 N–H and O–H groups in total. The number of carbonyl (C=O) groups is 2. The molecule has 20 heavy (non-hydrogen) atoms. The van der Waals surface area contributed by atoms with Crippen molar-refractivity contribution >= 4 is 17.6 Å². The van der Waals surface area contributed by atoms with Crippen molar-refractivity contribution in [2.45, 2.75) is 12.6 Å². The van der Waals surface area contributed by atoms with Crippen LogP contribution in [0.2, 0.25) is 0 Å². The largest absolute Gasteiger partial charge is 0.455 e. The van der Waals surface area contributed by atoms with E-state index in [9.17, 15) is 22.8 Å². The molecule has 0 radical (unpaired) electrons. The summed E-state index contributed by atoms with van der Waals surface area (Å²) in [5.41, 5.74) is 6.62. The normalized spacial score (nSPS) is 10.9. The van der Waals surface area contributed by atoms with Crippen molar-refractivity contribution in [1.82, 2.24) is 5.32 Å². The zero-order valence-corrected chi connectivity index (χ0v) is 10.4. The Labute approximate surface area is 112 Å². The van der Waals surface area contributed by atoms with E-state index >= 15 is 0 Å². The number of ether oxygens (including phenoxy) is 1. The molecule has 0 aliphatic rings. The molecule has 0 spiro atoms. The van der Waals surface area contributed by atoms with Gasteiger partial charge in [0.2, 0.25) is 0 Å². The van der Waals surface area contributed by atoms with Crippen LogP contribution in [0.3, 0.4) is 0 Å². The second-order valence-corrected chi connectivity index (χ2v) is 3.97. The fraction of sp³-hybridized carbons (Fsp3) is 0.333. The summed E-state index contributed by atoms with van der Waals surface area (Å²) >= 11 is 0. The average Bonchev–Trinajstić information content (AvgIpc) is 2.36. The Morgan fingerprint density at radius 3 is 2.35 bits per heavy atom. The SMILES string of the molecule is Nc1ccc(CC(=O)OCC(=O)NCC(F)(F)F)cc1. The molecule has 0 saturated heterocycles. The lowest BCUT2D eigenvalue weighted by Gasteiger charge is -2.08. The molecular weight excluding hydrogens is 277 g/mol. The second-order valence-electron chi connectivity index (χ2n) is 3.97. The number of hydrogen-bond donors (Lipinski definition) is 2. The van der Waals surface area contributed by atoms with Crippen molar-refractivity contribution < 1.29 is 27.5 Å². The van der Waals surface area contributed by atoms with Gasteiger partial charge in [-0.25, -0.2) is 0 Å². The number of anilines is 1. The number of halogens is 3. The lowest BCUT2D eigenvalue weighted by Crippen LogP contribution is -2.36. The van der Waals surface area contributed by atoms with Crippen LogP contribution in [0.25, 0.3) is 0 Å². The van der Waals surface area contributed by atoms with Gasteiger partial charge in [-0.15, -0.1) is 0 Å². The molecule has 1 rings (SSSR count). The molecule has 1 aromatic rings. The third-order valence-corrected chi connectivity index (χ3v) is 2.18. The Hall–Kier alpha value is -2.25. The smallest absolute Gasteiger partial charge is 0.405 e. The van der Waals surface area contributed by atoms with Crippen LogP contribution in [0.1, 0.15) is 5.56 Å². The van der Waals surface area contributed by atoms with Crippen LogP contribution in [-0.4, -0.2) is 31.2 Å². The number of nitrogen functional groups attached to an aromatic ring is 1. The molecule has 0 atom stereocenters. The van der Waals surface area contributed by atoms with Crippen LogP contribution < -0.4 is 11.1 Å². The van der Waals surface area contributed by atoms with E-state index in [4.69, 9.17) is 5.73 Å². The number of hydrogen-bond acceptors (Lipinski definition) is 4. The van der Waals surface area contributed by atoms with Crippen LogP contribution >= 0.6 is 0 Å². The predicted molar refractivity (Wildman–Crippen MR) is 64.6 cm³/mol. The van der Waals surface area contributed by atoms with E-state index in [0.717, 1.165) is 0 Å². The molecule has 0 heterocycles. The lowest BCUT2D eigenvalue weighted by atomic mass is 10.1. The van der Waals surface area contributed by atoms with E-state index in [0.29, 0.717) is 11.3 Å². The monoisotopic (exact) mass is 290 g/mol. The Balaban J connectivity index is 2.29. The highest BCUT2D eigenvalue weighted by atomic mass is 19.4. The summed E-state index contributed by atoms with van der Waals surface area (Å²) in [5.74, 6) is -1.72. The van der Waals surface area contributed by atoms with E-state index in [-0.39, 0.29) is 6.42 Å². The highest BCUT2D eigenvalue weighted by Gasteiger charge is 2.27. The number of amides is 1. The van der Waals surface area contributed by atoms with Crippen LogP contribution in [-0.2, 0) is 20.7 Å². The summed E-state index contributed by atoms with van der Waals surface area (Å²) < 4.78 is 40.0. The van der Waals surface area contributed by atoms with Crippen molar-refractivity contribution in [2.75, 3.05) is 18.9 Å². The first-order chi connectivity index (χ1) is 9.26. The average molecular weight is 290 g/mol. The van der Waals surface area contributed by atoms with Gasteiger partial charge in [-0.1, -0.05) is 12.1 Å². The van der Waals surface area contributed by atoms with Crippen molar-refractivity contribution in [3.63, 3.8) is 0 Å². The topological polar surface area (TPSA) is 81.4 Å². The van der Waals surface area contributed by atoms with Gasteiger partial charge in [0.25, 0.3) is 5.91 Å². The van der Waals surface area contributed by atoms with E-state index in [2.05, 4.69) is 4.74 Å². The molecule has 0 unspecified atom stereocenters. The molecule has 8 heteroatoms. The third-order valence-electron chi connectivity index (χ3n) is 2.18. The molecule has 0 bridgehead atoms. The van der Waals surface area contributed by atoms with Crippen LogP contribution in [0.15, 0.2) is 24.3 Å². The summed E-state index contributed by atoms with van der Waals surface area (Å²) in [6.07, 6.45) is -4.59. The maximum atomic E-state index is 11.8. The van der Waals surface area contributed by atoms with Gasteiger partial charge in [0.05, 0.1) is 6.42 Å². The lowest BCUT2D eigenvalue weighted by molar-refractivity contribution is -0.150. The van der Waals surface area contributed by atoms with E-state index in [1.165, 1.54) is 0 Å². The fourth-order valence-corrected chi connectivity index (χ4v) is 1.25. The highest BCUT2D eigenvalue weighted by Crippen LogP contribution is 2.12. The second kappa shape index (κ2) is 6.78. The first kappa shape index (κ1) is 15.8. The number of carbonyl (C=O) groups excluding carboxylic acids is 2. The van der Waals surface area contributed by atoms with E-state index in [1.807, 2.05) is 0 Å². The van der Waals surface area contributed by atoms with Gasteiger partial charge in [0.15, 0.2) is 6.61 Å². The molecule has 110 valence electrons. The molecular formula is C12H13F3N2O3. The van der Waals surface area contributed by atoms with Gasteiger partial charge in [-0.05, 0) is 17.7 Å². The summed E-state index contributed by atoms with van der Waals surface area (Å²) in [6, 6.07) is 6.41. The third kappa shape index (κ3) is 6.62.